The molecule has 0 unspecified atom stereocenters. The van der Waals surface area contributed by atoms with Crippen molar-refractivity contribution in [2.75, 3.05) is 0 Å². The molecular formula is C6H10ClN3. The number of allylic oxidation sites excluding steroid dienone is 1. The molecule has 0 aromatic rings. The minimum absolute atomic E-state index is 0.300. The third-order valence-electron chi connectivity index (χ3n) is 1.32. The molecule has 0 spiro atoms. The summed E-state index contributed by atoms with van der Waals surface area (Å²) in [6.45, 7) is 0. The van der Waals surface area contributed by atoms with Crippen LogP contribution in [0.15, 0.2) is 10.9 Å². The molecule has 0 heterocycles. The summed E-state index contributed by atoms with van der Waals surface area (Å²) in [5, 5.41) is 10.1. The quantitative estimate of drug-likeness (QED) is 0.421. The van der Waals surface area contributed by atoms with E-state index in [1.165, 1.54) is 0 Å². The highest BCUT2D eigenvalue weighted by Crippen LogP contribution is 2.21. The second kappa shape index (κ2) is 2.92. The van der Waals surface area contributed by atoms with Crippen LogP contribution in [0.25, 0.3) is 0 Å². The number of nitrogens with two attached hydrogens (primary N) is 1. The summed E-state index contributed by atoms with van der Waals surface area (Å²) in [5.74, 6) is 0. The zero-order chi connectivity index (χ0) is 7.56. The van der Waals surface area contributed by atoms with Gasteiger partial charge in [-0.3, -0.25) is 0 Å². The minimum atomic E-state index is 0.300. The summed E-state index contributed by atoms with van der Waals surface area (Å²) in [6.07, 6.45) is 3.35. The van der Waals surface area contributed by atoms with Gasteiger partial charge >= 0.3 is 0 Å². The van der Waals surface area contributed by atoms with Gasteiger partial charge in [-0.15, -0.1) is 0 Å². The predicted molar refractivity (Wildman–Crippen MR) is 42.0 cm³/mol. The van der Waals surface area contributed by atoms with Crippen molar-refractivity contribution >= 4 is 17.8 Å². The molecule has 3 nitrogen and oxygen atoms in total. The summed E-state index contributed by atoms with van der Waals surface area (Å²) in [4.78, 5) is 0. The normalized spacial score (nSPS) is 19.7. The lowest BCUT2D eigenvalue weighted by Crippen LogP contribution is -2.17. The summed E-state index contributed by atoms with van der Waals surface area (Å²) >= 11 is 5.66. The highest BCUT2D eigenvalue weighted by molar-refractivity contribution is 6.30. The van der Waals surface area contributed by atoms with E-state index in [-0.39, 0.29) is 0 Å². The van der Waals surface area contributed by atoms with Crippen LogP contribution < -0.4 is 11.1 Å². The standard InChI is InChI=1S/C6H10ClN3/c7-6(5(9)3-8)10-4-1-2-4/h3-4,8,10H,1-2,9H2/b6-5+,8-3?. The molecule has 1 aliphatic rings. The molecule has 0 aromatic heterocycles. The molecule has 0 aliphatic heterocycles. The van der Waals surface area contributed by atoms with E-state index in [0.29, 0.717) is 16.9 Å². The zero-order valence-electron chi connectivity index (χ0n) is 5.52. The van der Waals surface area contributed by atoms with Crippen LogP contribution in [0.4, 0.5) is 0 Å². The highest BCUT2D eigenvalue weighted by Gasteiger charge is 2.21. The maximum atomic E-state index is 6.77. The molecule has 0 radical (unpaired) electrons. The Labute approximate surface area is 64.7 Å². The fourth-order valence-corrected chi connectivity index (χ4v) is 0.762. The van der Waals surface area contributed by atoms with Crippen molar-refractivity contribution < 1.29 is 0 Å². The summed E-state index contributed by atoms with van der Waals surface area (Å²) in [5.41, 5.74) is 5.63. The molecule has 1 rings (SSSR count). The Morgan fingerprint density at radius 2 is 2.30 bits per heavy atom. The van der Waals surface area contributed by atoms with Gasteiger partial charge in [0, 0.05) is 12.3 Å². The van der Waals surface area contributed by atoms with Gasteiger partial charge in [0.2, 0.25) is 0 Å². The Balaban J connectivity index is 2.43. The van der Waals surface area contributed by atoms with Crippen molar-refractivity contribution in [3.8, 4) is 0 Å². The van der Waals surface area contributed by atoms with Gasteiger partial charge in [0.25, 0.3) is 0 Å². The van der Waals surface area contributed by atoms with Crippen molar-refractivity contribution in [1.82, 2.24) is 5.32 Å². The van der Waals surface area contributed by atoms with Gasteiger partial charge in [0.1, 0.15) is 5.16 Å². The number of rotatable bonds is 3. The molecule has 56 valence electrons. The maximum absolute atomic E-state index is 6.77. The second-order valence-electron chi connectivity index (χ2n) is 2.33. The van der Waals surface area contributed by atoms with Crippen LogP contribution >= 0.6 is 11.6 Å². The lowest BCUT2D eigenvalue weighted by molar-refractivity contribution is 0.839. The van der Waals surface area contributed by atoms with Gasteiger partial charge in [-0.05, 0) is 12.8 Å². The molecule has 0 aromatic carbocycles. The topological polar surface area (TPSA) is 61.9 Å². The number of nitrogens with one attached hydrogen (secondary N) is 2. The first kappa shape index (κ1) is 7.41. The lowest BCUT2D eigenvalue weighted by Gasteiger charge is -2.02. The molecule has 1 fully saturated rings. The van der Waals surface area contributed by atoms with Crippen LogP contribution in [-0.2, 0) is 0 Å². The Hall–Kier alpha value is -0.700. The Morgan fingerprint density at radius 3 is 2.70 bits per heavy atom. The van der Waals surface area contributed by atoms with Gasteiger partial charge in [-0.2, -0.15) is 0 Å². The average molecular weight is 160 g/mol. The van der Waals surface area contributed by atoms with Gasteiger partial charge in [0.15, 0.2) is 0 Å². The van der Waals surface area contributed by atoms with E-state index in [0.717, 1.165) is 19.1 Å². The van der Waals surface area contributed by atoms with Crippen LogP contribution in [0, 0.1) is 5.41 Å². The van der Waals surface area contributed by atoms with Crippen molar-refractivity contribution in [3.05, 3.63) is 10.9 Å². The molecule has 0 saturated heterocycles. The van der Waals surface area contributed by atoms with Crippen molar-refractivity contribution in [1.29, 1.82) is 5.41 Å². The number of hydrogen-bond acceptors (Lipinski definition) is 3. The molecule has 0 atom stereocenters. The van der Waals surface area contributed by atoms with Gasteiger partial charge in [0.05, 0.1) is 5.70 Å². The Bertz CT molecular complexity index is 172. The van der Waals surface area contributed by atoms with E-state index in [1.54, 1.807) is 0 Å². The fraction of sp³-hybridized carbons (Fsp3) is 0.500. The Kier molecular flexibility index (Phi) is 2.17. The van der Waals surface area contributed by atoms with Gasteiger partial charge in [-0.25, -0.2) is 0 Å². The molecular weight excluding hydrogens is 150 g/mol. The molecule has 4 N–H and O–H groups in total. The largest absolute Gasteiger partial charge is 0.395 e. The molecule has 0 amide bonds. The molecule has 0 bridgehead atoms. The van der Waals surface area contributed by atoms with E-state index in [4.69, 9.17) is 22.7 Å². The van der Waals surface area contributed by atoms with Gasteiger partial charge < -0.3 is 16.5 Å². The smallest absolute Gasteiger partial charge is 0.127 e. The second-order valence-corrected chi connectivity index (χ2v) is 2.71. The monoisotopic (exact) mass is 159 g/mol. The molecule has 10 heavy (non-hydrogen) atoms. The minimum Gasteiger partial charge on any atom is -0.395 e. The van der Waals surface area contributed by atoms with E-state index in [9.17, 15) is 0 Å². The average Bonchev–Trinajstić information content (AvgIpc) is 2.70. The van der Waals surface area contributed by atoms with E-state index in [2.05, 4.69) is 5.32 Å². The highest BCUT2D eigenvalue weighted by atomic mass is 35.5. The first-order chi connectivity index (χ1) is 4.74. The van der Waals surface area contributed by atoms with E-state index in [1.807, 2.05) is 0 Å². The van der Waals surface area contributed by atoms with Crippen molar-refractivity contribution in [2.24, 2.45) is 5.73 Å². The van der Waals surface area contributed by atoms with Crippen LogP contribution in [0.1, 0.15) is 12.8 Å². The predicted octanol–water partition coefficient (Wildman–Crippen LogP) is 0.755. The van der Waals surface area contributed by atoms with Gasteiger partial charge in [-0.1, -0.05) is 11.6 Å². The molecule has 1 aliphatic carbocycles. The third kappa shape index (κ3) is 1.92. The summed E-state index contributed by atoms with van der Waals surface area (Å²) in [7, 11) is 0. The molecule has 4 heteroatoms. The summed E-state index contributed by atoms with van der Waals surface area (Å²) in [6, 6.07) is 0.492. The molecule has 1 saturated carbocycles. The van der Waals surface area contributed by atoms with Crippen LogP contribution in [-0.4, -0.2) is 12.3 Å². The van der Waals surface area contributed by atoms with Crippen molar-refractivity contribution in [2.45, 2.75) is 18.9 Å². The number of hydrogen-bond donors (Lipinski definition) is 3. The first-order valence-corrected chi connectivity index (χ1v) is 3.54. The van der Waals surface area contributed by atoms with E-state index < -0.39 is 0 Å². The SMILES string of the molecule is N=C/C(N)=C(/Cl)NC1CC1. The van der Waals surface area contributed by atoms with Crippen LogP contribution in [0.5, 0.6) is 0 Å². The number of halogens is 1. The fourth-order valence-electron chi connectivity index (χ4n) is 0.554. The lowest BCUT2D eigenvalue weighted by atomic mass is 10.5. The maximum Gasteiger partial charge on any atom is 0.127 e. The first-order valence-electron chi connectivity index (χ1n) is 3.16. The summed E-state index contributed by atoms with van der Waals surface area (Å²) < 4.78 is 0. The Morgan fingerprint density at radius 1 is 1.70 bits per heavy atom. The van der Waals surface area contributed by atoms with Crippen LogP contribution in [0.2, 0.25) is 0 Å². The van der Waals surface area contributed by atoms with Crippen LogP contribution in [0.3, 0.4) is 0 Å². The van der Waals surface area contributed by atoms with E-state index >= 15 is 0 Å². The van der Waals surface area contributed by atoms with Crippen molar-refractivity contribution in [3.63, 3.8) is 0 Å². The third-order valence-corrected chi connectivity index (χ3v) is 1.64. The zero-order valence-corrected chi connectivity index (χ0v) is 6.28.